The molecule has 0 bridgehead atoms. The maximum absolute atomic E-state index is 12.5. The van der Waals surface area contributed by atoms with E-state index in [-0.39, 0.29) is 17.7 Å². The third kappa shape index (κ3) is 3.74. The highest BCUT2D eigenvalue weighted by Gasteiger charge is 2.38. The molecule has 3 rings (SSSR count). The Balaban J connectivity index is 1.58. The van der Waals surface area contributed by atoms with E-state index in [4.69, 9.17) is 0 Å². The van der Waals surface area contributed by atoms with Gasteiger partial charge in [0.2, 0.25) is 11.8 Å². The van der Waals surface area contributed by atoms with Gasteiger partial charge in [-0.25, -0.2) is 0 Å². The number of nitrogens with zero attached hydrogens (tertiary/aromatic N) is 1. The van der Waals surface area contributed by atoms with Gasteiger partial charge < -0.3 is 10.2 Å². The maximum Gasteiger partial charge on any atom is 0.229 e. The molecule has 1 saturated heterocycles. The molecule has 1 aliphatic carbocycles. The van der Waals surface area contributed by atoms with Crippen molar-refractivity contribution < 1.29 is 9.59 Å². The molecule has 4 nitrogen and oxygen atoms in total. The molecule has 0 radical (unpaired) electrons. The average Bonchev–Trinajstić information content (AvgIpc) is 2.98. The van der Waals surface area contributed by atoms with Crippen LogP contribution in [0.2, 0.25) is 0 Å². The number of hydrogen-bond acceptors (Lipinski definition) is 2. The molecular formula is C19H26N2O2. The quantitative estimate of drug-likeness (QED) is 0.926. The molecule has 1 heterocycles. The summed E-state index contributed by atoms with van der Waals surface area (Å²) in [6.45, 7) is 2.69. The summed E-state index contributed by atoms with van der Waals surface area (Å²) in [4.78, 5) is 26.7. The Labute approximate surface area is 138 Å². The van der Waals surface area contributed by atoms with E-state index in [2.05, 4.69) is 12.2 Å². The molecule has 1 aliphatic heterocycles. The van der Waals surface area contributed by atoms with Gasteiger partial charge in [-0.05, 0) is 37.0 Å². The number of aryl methyl sites for hydroxylation is 1. The van der Waals surface area contributed by atoms with E-state index >= 15 is 0 Å². The fourth-order valence-electron chi connectivity index (χ4n) is 3.72. The topological polar surface area (TPSA) is 49.4 Å². The molecule has 2 aliphatic rings. The van der Waals surface area contributed by atoms with E-state index < -0.39 is 0 Å². The highest BCUT2D eigenvalue weighted by atomic mass is 16.2. The predicted octanol–water partition coefficient (Wildman–Crippen LogP) is 3.37. The predicted molar refractivity (Wildman–Crippen MR) is 91.1 cm³/mol. The van der Waals surface area contributed by atoms with Crippen LogP contribution >= 0.6 is 0 Å². The summed E-state index contributed by atoms with van der Waals surface area (Å²) in [6, 6.07) is 8.30. The van der Waals surface area contributed by atoms with Gasteiger partial charge in [-0.15, -0.1) is 0 Å². The van der Waals surface area contributed by atoms with Crippen molar-refractivity contribution in [2.75, 3.05) is 11.9 Å². The summed E-state index contributed by atoms with van der Waals surface area (Å²) in [5, 5.41) is 2.96. The van der Waals surface area contributed by atoms with E-state index in [0.717, 1.165) is 24.9 Å². The van der Waals surface area contributed by atoms with Crippen LogP contribution in [0.1, 0.15) is 51.0 Å². The fourth-order valence-corrected chi connectivity index (χ4v) is 3.72. The minimum Gasteiger partial charge on any atom is -0.339 e. The maximum atomic E-state index is 12.5. The lowest BCUT2D eigenvalue weighted by atomic mass is 9.94. The van der Waals surface area contributed by atoms with Gasteiger partial charge in [-0.3, -0.25) is 9.59 Å². The number of likely N-dealkylation sites (tertiary alicyclic amines) is 1. The third-order valence-electron chi connectivity index (χ3n) is 5.17. The van der Waals surface area contributed by atoms with Crippen LogP contribution in [0, 0.1) is 5.92 Å². The van der Waals surface area contributed by atoms with Crippen LogP contribution in [0.25, 0.3) is 0 Å². The molecule has 0 aromatic heterocycles. The first-order valence-electron chi connectivity index (χ1n) is 8.86. The van der Waals surface area contributed by atoms with Gasteiger partial charge in [0.15, 0.2) is 0 Å². The second-order valence-corrected chi connectivity index (χ2v) is 6.78. The first-order chi connectivity index (χ1) is 11.2. The van der Waals surface area contributed by atoms with E-state index in [1.54, 1.807) is 0 Å². The molecule has 2 fully saturated rings. The SMILES string of the molecule is CCc1ccc(NC(=O)C2CC(=O)N(C3CCCCC3)C2)cc1. The van der Waals surface area contributed by atoms with Crippen LogP contribution in [0.15, 0.2) is 24.3 Å². The Morgan fingerprint density at radius 3 is 2.52 bits per heavy atom. The highest BCUT2D eigenvalue weighted by Crippen LogP contribution is 2.29. The van der Waals surface area contributed by atoms with Gasteiger partial charge in [0.05, 0.1) is 5.92 Å². The van der Waals surface area contributed by atoms with Gasteiger partial charge in [0.1, 0.15) is 0 Å². The zero-order chi connectivity index (χ0) is 16.2. The van der Waals surface area contributed by atoms with Crippen LogP contribution in [-0.2, 0) is 16.0 Å². The lowest BCUT2D eigenvalue weighted by Gasteiger charge is -2.31. The van der Waals surface area contributed by atoms with E-state index in [1.807, 2.05) is 29.2 Å². The number of nitrogens with one attached hydrogen (secondary N) is 1. The van der Waals surface area contributed by atoms with Crippen molar-refractivity contribution in [1.29, 1.82) is 0 Å². The second kappa shape index (κ2) is 7.16. The average molecular weight is 314 g/mol. The largest absolute Gasteiger partial charge is 0.339 e. The normalized spacial score (nSPS) is 22.4. The molecule has 4 heteroatoms. The van der Waals surface area contributed by atoms with Crippen LogP contribution in [0.3, 0.4) is 0 Å². The van der Waals surface area contributed by atoms with Crippen LogP contribution in [-0.4, -0.2) is 29.3 Å². The summed E-state index contributed by atoms with van der Waals surface area (Å²) in [5.41, 5.74) is 2.07. The Bertz CT molecular complexity index is 561. The van der Waals surface area contributed by atoms with Crippen molar-refractivity contribution in [3.63, 3.8) is 0 Å². The number of benzene rings is 1. The Morgan fingerprint density at radius 1 is 1.17 bits per heavy atom. The standard InChI is InChI=1S/C19H26N2O2/c1-2-14-8-10-16(11-9-14)20-19(23)15-12-18(22)21(13-15)17-6-4-3-5-7-17/h8-11,15,17H,2-7,12-13H2,1H3,(H,20,23). The van der Waals surface area contributed by atoms with Crippen molar-refractivity contribution in [1.82, 2.24) is 4.90 Å². The third-order valence-corrected chi connectivity index (χ3v) is 5.17. The first-order valence-corrected chi connectivity index (χ1v) is 8.86. The minimum absolute atomic E-state index is 0.0269. The number of anilines is 1. The van der Waals surface area contributed by atoms with Crippen LogP contribution < -0.4 is 5.32 Å². The fraction of sp³-hybridized carbons (Fsp3) is 0.579. The van der Waals surface area contributed by atoms with Gasteiger partial charge >= 0.3 is 0 Å². The molecule has 0 spiro atoms. The number of carbonyl (C=O) groups excluding carboxylic acids is 2. The molecule has 1 aromatic rings. The van der Waals surface area contributed by atoms with Gasteiger partial charge in [0.25, 0.3) is 0 Å². The van der Waals surface area contributed by atoms with Gasteiger partial charge in [-0.1, -0.05) is 38.3 Å². The smallest absolute Gasteiger partial charge is 0.229 e. The van der Waals surface area contributed by atoms with E-state index in [9.17, 15) is 9.59 Å². The summed E-state index contributed by atoms with van der Waals surface area (Å²) in [7, 11) is 0. The number of hydrogen-bond donors (Lipinski definition) is 1. The van der Waals surface area contributed by atoms with E-state index in [0.29, 0.717) is 19.0 Å². The van der Waals surface area contributed by atoms with Crippen molar-refractivity contribution in [2.45, 2.75) is 57.9 Å². The lowest BCUT2D eigenvalue weighted by molar-refractivity contribution is -0.130. The molecule has 1 saturated carbocycles. The monoisotopic (exact) mass is 314 g/mol. The molecule has 1 aromatic carbocycles. The van der Waals surface area contributed by atoms with Crippen LogP contribution in [0.5, 0.6) is 0 Å². The molecule has 2 amide bonds. The highest BCUT2D eigenvalue weighted by molar-refractivity contribution is 5.97. The molecule has 1 atom stereocenters. The number of rotatable bonds is 4. The number of carbonyl (C=O) groups is 2. The summed E-state index contributed by atoms with van der Waals surface area (Å²) >= 11 is 0. The van der Waals surface area contributed by atoms with E-state index in [1.165, 1.54) is 24.8 Å². The first kappa shape index (κ1) is 16.0. The molecule has 1 unspecified atom stereocenters. The Kier molecular flexibility index (Phi) is 4.99. The molecule has 23 heavy (non-hydrogen) atoms. The summed E-state index contributed by atoms with van der Waals surface area (Å²) in [6.07, 6.45) is 7.22. The second-order valence-electron chi connectivity index (χ2n) is 6.78. The number of amides is 2. The van der Waals surface area contributed by atoms with Gasteiger partial charge in [-0.2, -0.15) is 0 Å². The Hall–Kier alpha value is -1.84. The molecule has 124 valence electrons. The lowest BCUT2D eigenvalue weighted by Crippen LogP contribution is -2.38. The van der Waals surface area contributed by atoms with Gasteiger partial charge in [0, 0.05) is 24.7 Å². The molecular weight excluding hydrogens is 288 g/mol. The van der Waals surface area contributed by atoms with Crippen molar-refractivity contribution in [3.8, 4) is 0 Å². The van der Waals surface area contributed by atoms with Crippen LogP contribution in [0.4, 0.5) is 5.69 Å². The summed E-state index contributed by atoms with van der Waals surface area (Å²) in [5.74, 6) is -0.0884. The Morgan fingerprint density at radius 2 is 1.87 bits per heavy atom. The zero-order valence-electron chi connectivity index (χ0n) is 13.9. The zero-order valence-corrected chi connectivity index (χ0v) is 13.9. The minimum atomic E-state index is -0.213. The van der Waals surface area contributed by atoms with Crippen molar-refractivity contribution >= 4 is 17.5 Å². The van der Waals surface area contributed by atoms with Crippen molar-refractivity contribution in [3.05, 3.63) is 29.8 Å². The van der Waals surface area contributed by atoms with Crippen molar-refractivity contribution in [2.24, 2.45) is 5.92 Å². The molecule has 1 N–H and O–H groups in total. The summed E-state index contributed by atoms with van der Waals surface area (Å²) < 4.78 is 0.